The van der Waals surface area contributed by atoms with Crippen LogP contribution in [-0.4, -0.2) is 4.57 Å². The van der Waals surface area contributed by atoms with E-state index >= 15 is 0 Å². The van der Waals surface area contributed by atoms with Crippen LogP contribution in [0.2, 0.25) is 0 Å². The molecule has 1 heterocycles. The second kappa shape index (κ2) is 5.33. The lowest BCUT2D eigenvalue weighted by Gasteiger charge is -2.14. The molecule has 0 unspecified atom stereocenters. The predicted molar refractivity (Wildman–Crippen MR) is 78.8 cm³/mol. The Balaban J connectivity index is 2.38. The zero-order chi connectivity index (χ0) is 15.9. The number of nitrogens with zero attached hydrogens (tertiary/aromatic N) is 1. The van der Waals surface area contributed by atoms with Crippen molar-refractivity contribution in [1.82, 2.24) is 4.57 Å². The number of aromatic nitrogens is 1. The molecule has 0 N–H and O–H groups in total. The van der Waals surface area contributed by atoms with Gasteiger partial charge >= 0.3 is 0 Å². The molecule has 1 aromatic heterocycles. The highest BCUT2D eigenvalue weighted by Gasteiger charge is 2.12. The molecule has 0 atom stereocenters. The molecule has 0 saturated heterocycles. The van der Waals surface area contributed by atoms with Gasteiger partial charge in [0.15, 0.2) is 11.6 Å². The molecule has 3 rings (SSSR count). The highest BCUT2D eigenvalue weighted by molar-refractivity contribution is 5.82. The molecule has 0 aliphatic heterocycles. The fourth-order valence-electron chi connectivity index (χ4n) is 2.50. The van der Waals surface area contributed by atoms with Gasteiger partial charge in [0.25, 0.3) is 5.56 Å². The van der Waals surface area contributed by atoms with Gasteiger partial charge < -0.3 is 0 Å². The number of aryl methyl sites for hydroxylation is 1. The number of hydrogen-bond acceptors (Lipinski definition) is 1. The van der Waals surface area contributed by atoms with Gasteiger partial charge in [-0.2, -0.15) is 0 Å². The van der Waals surface area contributed by atoms with E-state index < -0.39 is 23.0 Å². The largest absolute Gasteiger partial charge is 0.281 e. The van der Waals surface area contributed by atoms with Gasteiger partial charge in [-0.05, 0) is 42.1 Å². The second-order valence-corrected chi connectivity index (χ2v) is 4.96. The first-order valence-electron chi connectivity index (χ1n) is 6.81. The first-order chi connectivity index (χ1) is 10.5. The Morgan fingerprint density at radius 3 is 2.41 bits per heavy atom. The van der Waals surface area contributed by atoms with Crippen LogP contribution in [0.1, 0.15) is 12.6 Å². The number of benzene rings is 2. The lowest BCUT2D eigenvalue weighted by atomic mass is 10.1. The third kappa shape index (κ3) is 2.28. The van der Waals surface area contributed by atoms with Crippen molar-refractivity contribution in [3.8, 4) is 5.69 Å². The van der Waals surface area contributed by atoms with Crippen LogP contribution in [0.4, 0.5) is 13.2 Å². The summed E-state index contributed by atoms with van der Waals surface area (Å²) in [6.07, 6.45) is 0.515. The highest BCUT2D eigenvalue weighted by atomic mass is 19.2. The molecule has 0 fully saturated rings. The predicted octanol–water partition coefficient (Wildman–Crippen LogP) is 3.97. The fraction of sp³-hybridized carbons (Fsp3) is 0.118. The van der Waals surface area contributed by atoms with Gasteiger partial charge in [0.2, 0.25) is 0 Å². The number of fused-ring (bicyclic) bond motifs is 1. The van der Waals surface area contributed by atoms with Crippen molar-refractivity contribution < 1.29 is 13.2 Å². The Labute approximate surface area is 124 Å². The molecule has 0 saturated carbocycles. The fourth-order valence-corrected chi connectivity index (χ4v) is 2.50. The van der Waals surface area contributed by atoms with Crippen molar-refractivity contribution in [3.05, 3.63) is 76.0 Å². The summed E-state index contributed by atoms with van der Waals surface area (Å²) in [4.78, 5) is 12.6. The summed E-state index contributed by atoms with van der Waals surface area (Å²) >= 11 is 0. The maximum Gasteiger partial charge on any atom is 0.263 e. The third-order valence-electron chi connectivity index (χ3n) is 3.58. The minimum Gasteiger partial charge on any atom is -0.281 e. The van der Waals surface area contributed by atoms with Crippen molar-refractivity contribution in [1.29, 1.82) is 0 Å². The van der Waals surface area contributed by atoms with E-state index in [1.807, 2.05) is 6.92 Å². The summed E-state index contributed by atoms with van der Waals surface area (Å²) in [7, 11) is 0. The van der Waals surface area contributed by atoms with Crippen molar-refractivity contribution in [2.75, 3.05) is 0 Å². The van der Waals surface area contributed by atoms with E-state index in [2.05, 4.69) is 0 Å². The van der Waals surface area contributed by atoms with Crippen molar-refractivity contribution >= 4 is 10.8 Å². The van der Waals surface area contributed by atoms with E-state index in [0.717, 1.165) is 18.2 Å². The smallest absolute Gasteiger partial charge is 0.263 e. The van der Waals surface area contributed by atoms with E-state index in [4.69, 9.17) is 0 Å². The van der Waals surface area contributed by atoms with Crippen LogP contribution in [-0.2, 0) is 6.42 Å². The van der Waals surface area contributed by atoms with Crippen molar-refractivity contribution in [2.45, 2.75) is 13.3 Å². The molecule has 3 aromatic rings. The molecule has 0 bridgehead atoms. The highest BCUT2D eigenvalue weighted by Crippen LogP contribution is 2.19. The molecule has 0 aliphatic carbocycles. The Hall–Kier alpha value is -2.56. The summed E-state index contributed by atoms with van der Waals surface area (Å²) < 4.78 is 41.2. The zero-order valence-electron chi connectivity index (χ0n) is 11.7. The Kier molecular flexibility index (Phi) is 3.48. The number of pyridine rings is 1. The van der Waals surface area contributed by atoms with Gasteiger partial charge in [-0.3, -0.25) is 9.36 Å². The molecular formula is C17H12F3NO. The monoisotopic (exact) mass is 303 g/mol. The molecule has 2 aromatic carbocycles. The summed E-state index contributed by atoms with van der Waals surface area (Å²) in [6.45, 7) is 1.85. The minimum atomic E-state index is -1.04. The van der Waals surface area contributed by atoms with Crippen LogP contribution in [0.25, 0.3) is 16.5 Å². The summed E-state index contributed by atoms with van der Waals surface area (Å²) in [6, 6.07) is 8.95. The first-order valence-corrected chi connectivity index (χ1v) is 6.81. The normalized spacial score (nSPS) is 11.1. The SMILES string of the molecule is CCc1cc2ccc(F)cc2c(=O)n1-c1ccc(F)c(F)c1. The van der Waals surface area contributed by atoms with Crippen LogP contribution in [0.3, 0.4) is 0 Å². The number of rotatable bonds is 2. The topological polar surface area (TPSA) is 22.0 Å². The average Bonchev–Trinajstić information content (AvgIpc) is 2.50. The average molecular weight is 303 g/mol. The molecule has 22 heavy (non-hydrogen) atoms. The van der Waals surface area contributed by atoms with Crippen LogP contribution in [0.15, 0.2) is 47.3 Å². The molecule has 5 heteroatoms. The first kappa shape index (κ1) is 14.4. The number of halogens is 3. The molecule has 0 amide bonds. The molecular weight excluding hydrogens is 291 g/mol. The van der Waals surface area contributed by atoms with Crippen LogP contribution < -0.4 is 5.56 Å². The Morgan fingerprint density at radius 2 is 1.73 bits per heavy atom. The maximum absolute atomic E-state index is 13.5. The van der Waals surface area contributed by atoms with Crippen LogP contribution in [0, 0.1) is 17.5 Å². The van der Waals surface area contributed by atoms with Gasteiger partial charge in [0.05, 0.1) is 11.1 Å². The van der Waals surface area contributed by atoms with E-state index in [1.54, 1.807) is 6.07 Å². The Morgan fingerprint density at radius 1 is 0.955 bits per heavy atom. The van der Waals surface area contributed by atoms with Crippen LogP contribution >= 0.6 is 0 Å². The lowest BCUT2D eigenvalue weighted by Crippen LogP contribution is -2.22. The van der Waals surface area contributed by atoms with Crippen molar-refractivity contribution in [2.24, 2.45) is 0 Å². The van der Waals surface area contributed by atoms with E-state index in [0.29, 0.717) is 17.5 Å². The van der Waals surface area contributed by atoms with Gasteiger partial charge in [0.1, 0.15) is 5.82 Å². The lowest BCUT2D eigenvalue weighted by molar-refractivity contribution is 0.507. The summed E-state index contributed by atoms with van der Waals surface area (Å²) in [5.74, 6) is -2.54. The summed E-state index contributed by atoms with van der Waals surface area (Å²) in [5, 5.41) is 0.809. The van der Waals surface area contributed by atoms with Gasteiger partial charge in [-0.25, -0.2) is 13.2 Å². The second-order valence-electron chi connectivity index (χ2n) is 4.96. The van der Waals surface area contributed by atoms with Crippen molar-refractivity contribution in [3.63, 3.8) is 0 Å². The molecule has 112 valence electrons. The standard InChI is InChI=1S/C17H12F3NO/c1-2-12-7-10-3-4-11(18)8-14(10)17(22)21(12)13-5-6-15(19)16(20)9-13/h3-9H,2H2,1H3. The summed E-state index contributed by atoms with van der Waals surface area (Å²) in [5.41, 5.74) is 0.391. The third-order valence-corrected chi connectivity index (χ3v) is 3.58. The minimum absolute atomic E-state index is 0.196. The van der Waals surface area contributed by atoms with Gasteiger partial charge in [-0.1, -0.05) is 13.0 Å². The van der Waals surface area contributed by atoms with Gasteiger partial charge in [0, 0.05) is 11.8 Å². The van der Waals surface area contributed by atoms with Gasteiger partial charge in [-0.15, -0.1) is 0 Å². The zero-order valence-corrected chi connectivity index (χ0v) is 11.7. The van der Waals surface area contributed by atoms with Crippen LogP contribution in [0.5, 0.6) is 0 Å². The van der Waals surface area contributed by atoms with E-state index in [-0.39, 0.29) is 11.1 Å². The molecule has 0 aliphatic rings. The van der Waals surface area contributed by atoms with E-state index in [1.165, 1.54) is 22.8 Å². The molecule has 0 spiro atoms. The quantitative estimate of drug-likeness (QED) is 0.702. The molecule has 2 nitrogen and oxygen atoms in total. The Bertz CT molecular complexity index is 931. The molecule has 0 radical (unpaired) electrons. The maximum atomic E-state index is 13.5. The van der Waals surface area contributed by atoms with E-state index in [9.17, 15) is 18.0 Å². The number of hydrogen-bond donors (Lipinski definition) is 0.